The van der Waals surface area contributed by atoms with Crippen molar-refractivity contribution in [1.29, 1.82) is 0 Å². The summed E-state index contributed by atoms with van der Waals surface area (Å²) in [4.78, 5) is 29.9. The van der Waals surface area contributed by atoms with E-state index in [0.717, 1.165) is 22.2 Å². The molecule has 1 amide bonds. The van der Waals surface area contributed by atoms with Gasteiger partial charge in [0, 0.05) is 23.0 Å². The molecule has 178 valence electrons. The summed E-state index contributed by atoms with van der Waals surface area (Å²) in [7, 11) is 0. The van der Waals surface area contributed by atoms with Crippen molar-refractivity contribution >= 4 is 69.3 Å². The van der Waals surface area contributed by atoms with Gasteiger partial charge in [-0.3, -0.25) is 14.2 Å². The Morgan fingerprint density at radius 1 is 1.03 bits per heavy atom. The van der Waals surface area contributed by atoms with Crippen molar-refractivity contribution in [2.24, 2.45) is 5.10 Å². The van der Waals surface area contributed by atoms with Crippen LogP contribution < -0.4 is 24.7 Å². The fourth-order valence-corrected chi connectivity index (χ4v) is 6.65. The molecule has 0 unspecified atom stereocenters. The maximum absolute atomic E-state index is 13.3. The third-order valence-corrected chi connectivity index (χ3v) is 8.36. The van der Waals surface area contributed by atoms with Crippen LogP contribution in [0.3, 0.4) is 0 Å². The summed E-state index contributed by atoms with van der Waals surface area (Å²) in [6, 6.07) is 15.2. The van der Waals surface area contributed by atoms with Gasteiger partial charge in [0.15, 0.2) is 0 Å². The van der Waals surface area contributed by atoms with Gasteiger partial charge < -0.3 is 4.90 Å². The Hall–Kier alpha value is -3.07. The minimum atomic E-state index is -0.224. The fourth-order valence-electron chi connectivity index (χ4n) is 4.17. The van der Waals surface area contributed by atoms with Gasteiger partial charge >= 0.3 is 0 Å². The first-order valence-electron chi connectivity index (χ1n) is 11.3. The second-order valence-electron chi connectivity index (χ2n) is 7.96. The van der Waals surface area contributed by atoms with Crippen LogP contribution in [-0.4, -0.2) is 22.7 Å². The number of hydrogen-bond acceptors (Lipinski definition) is 6. The third kappa shape index (κ3) is 4.16. The van der Waals surface area contributed by atoms with Crippen LogP contribution in [0.15, 0.2) is 74.4 Å². The average Bonchev–Trinajstić information content (AvgIpc) is 3.47. The van der Waals surface area contributed by atoms with E-state index in [4.69, 9.17) is 11.6 Å². The number of aromatic nitrogens is 1. The van der Waals surface area contributed by atoms with Gasteiger partial charge in [-0.15, -0.1) is 11.3 Å². The van der Waals surface area contributed by atoms with E-state index in [1.165, 1.54) is 16.3 Å². The number of carbonyl (C=O) groups excluding carboxylic acids is 1. The van der Waals surface area contributed by atoms with Gasteiger partial charge in [0.2, 0.25) is 0 Å². The molecule has 2 aliphatic rings. The first-order chi connectivity index (χ1) is 16.9. The third-order valence-electron chi connectivity index (χ3n) is 5.84. The van der Waals surface area contributed by atoms with Gasteiger partial charge in [0.25, 0.3) is 11.5 Å². The molecule has 3 heterocycles. The van der Waals surface area contributed by atoms with E-state index in [2.05, 4.69) is 16.9 Å². The molecule has 0 N–H and O–H groups in total. The minimum Gasteiger partial charge on any atom is -0.335 e. The van der Waals surface area contributed by atoms with Crippen molar-refractivity contribution in [2.45, 2.75) is 32.2 Å². The van der Waals surface area contributed by atoms with Crippen LogP contribution in [0.1, 0.15) is 20.8 Å². The van der Waals surface area contributed by atoms with Crippen LogP contribution in [0.25, 0.3) is 11.6 Å². The van der Waals surface area contributed by atoms with E-state index in [1.807, 2.05) is 74.5 Å². The van der Waals surface area contributed by atoms with Crippen LogP contribution in [-0.2, 0) is 11.3 Å². The molecule has 6 nitrogen and oxygen atoms in total. The van der Waals surface area contributed by atoms with Gasteiger partial charge in [0.1, 0.15) is 4.66 Å². The van der Waals surface area contributed by atoms with Crippen LogP contribution in [0.4, 0.5) is 11.4 Å². The second kappa shape index (κ2) is 9.53. The van der Waals surface area contributed by atoms with E-state index in [9.17, 15) is 9.59 Å². The number of fused-ring (bicyclic) bond motifs is 1. The Balaban J connectivity index is 1.59. The second-order valence-corrected chi connectivity index (χ2v) is 10.5. The molecule has 0 fully saturated rings. The Morgan fingerprint density at radius 3 is 2.51 bits per heavy atom. The fraction of sp³-hybridized carbons (Fsp3) is 0.192. The number of thioether (sulfide) groups is 1. The van der Waals surface area contributed by atoms with Gasteiger partial charge in [0.05, 0.1) is 32.2 Å². The number of rotatable bonds is 4. The lowest BCUT2D eigenvalue weighted by molar-refractivity contribution is -0.112. The number of benzene rings is 2. The highest BCUT2D eigenvalue weighted by Gasteiger charge is 2.31. The molecule has 0 spiro atoms. The number of carbonyl (C=O) groups is 1. The predicted molar refractivity (Wildman–Crippen MR) is 147 cm³/mol. The lowest BCUT2D eigenvalue weighted by Crippen LogP contribution is -2.33. The van der Waals surface area contributed by atoms with E-state index in [1.54, 1.807) is 16.3 Å². The molecule has 9 heteroatoms. The summed E-state index contributed by atoms with van der Waals surface area (Å²) in [6.07, 6.45) is 3.82. The van der Waals surface area contributed by atoms with E-state index in [0.29, 0.717) is 37.7 Å². The first kappa shape index (κ1) is 23.7. The molecule has 0 atom stereocenters. The molecule has 35 heavy (non-hydrogen) atoms. The number of allylic oxidation sites excluding steroid dienone is 1. The molecule has 5 rings (SSSR count). The highest BCUT2D eigenvalue weighted by atomic mass is 35.5. The standard InChI is InChI=1S/C26H23ClN4O2S2/c1-4-29-19-15-17(27)11-12-20(19)34-22(29)14-13-21-24(32)30(5-2)26(35-21)23-16(3)28-31(25(23)33)18-9-7-6-8-10-18/h6-15H,4-5H2,1-3H3/b21-13-,22-14+,26-23?. The quantitative estimate of drug-likeness (QED) is 0.509. The number of halogens is 1. The lowest BCUT2D eigenvalue weighted by Gasteiger charge is -2.17. The van der Waals surface area contributed by atoms with Crippen molar-refractivity contribution in [3.8, 4) is 0 Å². The largest absolute Gasteiger partial charge is 0.335 e. The van der Waals surface area contributed by atoms with Crippen molar-refractivity contribution < 1.29 is 4.79 Å². The number of hydrogen-bond donors (Lipinski definition) is 0. The number of nitrogens with zero attached hydrogens (tertiary/aromatic N) is 4. The molecule has 0 saturated carbocycles. The molecule has 0 aliphatic carbocycles. The lowest BCUT2D eigenvalue weighted by atomic mass is 10.2. The zero-order chi connectivity index (χ0) is 24.7. The SMILES string of the molecule is CCN1/C(=C\C=c2/sc(=C3C(=O)N(c4ccccc4)N=C3C)n(CC)c2=O)Sc2ccc(Cl)cc21. The summed E-state index contributed by atoms with van der Waals surface area (Å²) in [5.74, 6) is -0.224. The molecule has 2 aromatic carbocycles. The van der Waals surface area contributed by atoms with Crippen LogP contribution in [0, 0.1) is 0 Å². The van der Waals surface area contributed by atoms with Crippen molar-refractivity contribution in [1.82, 2.24) is 4.57 Å². The number of thiazole rings is 1. The number of hydrazone groups is 1. The zero-order valence-corrected chi connectivity index (χ0v) is 21.9. The molecule has 2 aliphatic heterocycles. The Bertz CT molecular complexity index is 1570. The smallest absolute Gasteiger partial charge is 0.283 e. The summed E-state index contributed by atoms with van der Waals surface area (Å²) >= 11 is 9.19. The Morgan fingerprint density at radius 2 is 1.80 bits per heavy atom. The summed E-state index contributed by atoms with van der Waals surface area (Å²) in [5, 5.41) is 7.61. The molecule has 3 aromatic rings. The van der Waals surface area contributed by atoms with E-state index < -0.39 is 0 Å². The van der Waals surface area contributed by atoms with E-state index in [-0.39, 0.29) is 11.5 Å². The normalized spacial score (nSPS) is 18.6. The first-order valence-corrected chi connectivity index (χ1v) is 13.3. The van der Waals surface area contributed by atoms with Crippen LogP contribution in [0.5, 0.6) is 0 Å². The maximum atomic E-state index is 13.3. The molecule has 0 saturated heterocycles. The van der Waals surface area contributed by atoms with Crippen LogP contribution >= 0.6 is 34.7 Å². The van der Waals surface area contributed by atoms with Gasteiger partial charge in [-0.2, -0.15) is 10.1 Å². The number of amides is 1. The topological polar surface area (TPSA) is 57.9 Å². The van der Waals surface area contributed by atoms with Crippen molar-refractivity contribution in [2.75, 3.05) is 16.5 Å². The molecule has 0 radical (unpaired) electrons. The maximum Gasteiger partial charge on any atom is 0.283 e. The summed E-state index contributed by atoms with van der Waals surface area (Å²) in [6.45, 7) is 7.05. The Labute approximate surface area is 216 Å². The molecule has 1 aromatic heterocycles. The number of anilines is 2. The summed E-state index contributed by atoms with van der Waals surface area (Å²) < 4.78 is 2.86. The van der Waals surface area contributed by atoms with Crippen molar-refractivity contribution in [3.05, 3.63) is 84.2 Å². The van der Waals surface area contributed by atoms with E-state index >= 15 is 0 Å². The van der Waals surface area contributed by atoms with Crippen LogP contribution in [0.2, 0.25) is 5.02 Å². The Kier molecular flexibility index (Phi) is 6.44. The highest BCUT2D eigenvalue weighted by Crippen LogP contribution is 2.46. The summed E-state index contributed by atoms with van der Waals surface area (Å²) in [5.41, 5.74) is 2.73. The van der Waals surface area contributed by atoms with Gasteiger partial charge in [-0.05, 0) is 63.3 Å². The predicted octanol–water partition coefficient (Wildman–Crippen LogP) is 4.41. The molecular weight excluding hydrogens is 500 g/mol. The van der Waals surface area contributed by atoms with Gasteiger partial charge in [-0.25, -0.2) is 0 Å². The number of para-hydroxylation sites is 1. The average molecular weight is 523 g/mol. The molecule has 0 bridgehead atoms. The molecular formula is C26H23ClN4O2S2. The van der Waals surface area contributed by atoms with Crippen molar-refractivity contribution in [3.63, 3.8) is 0 Å². The monoisotopic (exact) mass is 522 g/mol. The minimum absolute atomic E-state index is 0.109. The van der Waals surface area contributed by atoms with Gasteiger partial charge in [-0.1, -0.05) is 41.6 Å². The highest BCUT2D eigenvalue weighted by molar-refractivity contribution is 8.03. The zero-order valence-electron chi connectivity index (χ0n) is 19.5.